The normalized spacial score (nSPS) is 11.5. The average molecular weight is 574 g/mol. The molecule has 0 aliphatic carbocycles. The molecule has 0 N–H and O–H groups in total. The Kier molecular flexibility index (Phi) is 9.21. The zero-order valence-electron chi connectivity index (χ0n) is 23.6. The summed E-state index contributed by atoms with van der Waals surface area (Å²) >= 11 is 1.56. The Hall–Kier alpha value is -5.01. The van der Waals surface area contributed by atoms with Crippen LogP contribution in [-0.4, -0.2) is 30.5 Å². The molecule has 1 heterocycles. The number of aromatic nitrogens is 1. The Morgan fingerprint density at radius 1 is 0.881 bits per heavy atom. The first kappa shape index (κ1) is 28.5. The van der Waals surface area contributed by atoms with E-state index in [0.717, 1.165) is 44.1 Å². The van der Waals surface area contributed by atoms with E-state index in [0.29, 0.717) is 18.7 Å². The molecule has 0 unspecified atom stereocenters. The van der Waals surface area contributed by atoms with E-state index in [1.54, 1.807) is 23.5 Å². The number of nitrogens with zero attached hydrogens (tertiary/aromatic N) is 3. The Balaban J connectivity index is 1.32. The predicted molar refractivity (Wildman–Crippen MR) is 170 cm³/mol. The number of esters is 1. The molecule has 42 heavy (non-hydrogen) atoms. The fourth-order valence-corrected chi connectivity index (χ4v) is 5.02. The number of methoxy groups -OCH3 is 1. The van der Waals surface area contributed by atoms with Gasteiger partial charge in [0.2, 0.25) is 4.80 Å². The van der Waals surface area contributed by atoms with Crippen LogP contribution in [0.1, 0.15) is 28.4 Å². The molecule has 0 amide bonds. The van der Waals surface area contributed by atoms with Crippen molar-refractivity contribution in [1.29, 1.82) is 0 Å². The van der Waals surface area contributed by atoms with Crippen LogP contribution in [0.2, 0.25) is 0 Å². The standard InChI is InChI=1S/C35H31N3O3S/c1-25(2)21-36-35-38(33(24-42-35)30-17-15-29(16-18-30)28-7-5-4-6-8-28)37-22-26-11-19-32(20-12-26)41-23-27-9-13-31(14-10-27)34(39)40-3/h4-20,22,24H,1,21,23H2,2-3H3/b36-35?,37-22+. The number of carbonyl (C=O) groups excluding carboxylic acids is 1. The molecule has 5 rings (SSSR count). The van der Waals surface area contributed by atoms with Crippen LogP contribution < -0.4 is 9.54 Å². The van der Waals surface area contributed by atoms with E-state index >= 15 is 0 Å². The predicted octanol–water partition coefficient (Wildman–Crippen LogP) is 7.61. The van der Waals surface area contributed by atoms with E-state index in [9.17, 15) is 4.79 Å². The smallest absolute Gasteiger partial charge is 0.337 e. The largest absolute Gasteiger partial charge is 0.489 e. The molecule has 4 aromatic carbocycles. The molecular formula is C35H31N3O3S. The van der Waals surface area contributed by atoms with Gasteiger partial charge in [-0.3, -0.25) is 4.99 Å². The Labute approximate surface area is 249 Å². The van der Waals surface area contributed by atoms with Crippen molar-refractivity contribution in [3.8, 4) is 28.1 Å². The second kappa shape index (κ2) is 13.6. The van der Waals surface area contributed by atoms with Crippen LogP contribution in [-0.2, 0) is 11.3 Å². The monoisotopic (exact) mass is 573 g/mol. The lowest BCUT2D eigenvalue weighted by Crippen LogP contribution is -2.13. The molecule has 0 saturated carbocycles. The molecule has 0 saturated heterocycles. The van der Waals surface area contributed by atoms with E-state index < -0.39 is 0 Å². The molecule has 1 aromatic heterocycles. The highest BCUT2D eigenvalue weighted by molar-refractivity contribution is 7.07. The molecule has 0 spiro atoms. The highest BCUT2D eigenvalue weighted by atomic mass is 32.1. The molecule has 0 aliphatic heterocycles. The number of carbonyl (C=O) groups is 1. The average Bonchev–Trinajstić information content (AvgIpc) is 3.45. The van der Waals surface area contributed by atoms with E-state index in [1.165, 1.54) is 12.7 Å². The minimum atomic E-state index is -0.356. The van der Waals surface area contributed by atoms with E-state index in [-0.39, 0.29) is 5.97 Å². The second-order valence-corrected chi connectivity index (χ2v) is 10.6. The summed E-state index contributed by atoms with van der Waals surface area (Å²) < 4.78 is 12.6. The second-order valence-electron chi connectivity index (χ2n) is 9.72. The summed E-state index contributed by atoms with van der Waals surface area (Å²) in [5.74, 6) is 0.383. The van der Waals surface area contributed by atoms with Crippen molar-refractivity contribution in [3.05, 3.63) is 142 Å². The van der Waals surface area contributed by atoms with Gasteiger partial charge in [-0.25, -0.2) is 9.47 Å². The van der Waals surface area contributed by atoms with Crippen LogP contribution in [0, 0.1) is 0 Å². The van der Waals surface area contributed by atoms with Crippen molar-refractivity contribution in [2.75, 3.05) is 13.7 Å². The number of benzene rings is 4. The summed E-state index contributed by atoms with van der Waals surface area (Å²) in [7, 11) is 1.37. The zero-order valence-corrected chi connectivity index (χ0v) is 24.4. The molecular weight excluding hydrogens is 542 g/mol. The van der Waals surface area contributed by atoms with Crippen molar-refractivity contribution in [2.45, 2.75) is 13.5 Å². The number of rotatable bonds is 10. The molecule has 0 aliphatic rings. The van der Waals surface area contributed by atoms with Crippen molar-refractivity contribution in [1.82, 2.24) is 4.68 Å². The van der Waals surface area contributed by atoms with Gasteiger partial charge in [0.05, 0.1) is 31.1 Å². The first-order chi connectivity index (χ1) is 20.5. The van der Waals surface area contributed by atoms with Gasteiger partial charge >= 0.3 is 5.97 Å². The fourth-order valence-electron chi connectivity index (χ4n) is 4.18. The quantitative estimate of drug-likeness (QED) is 0.0981. The fraction of sp³-hybridized carbons (Fsp3) is 0.114. The molecule has 0 fully saturated rings. The van der Waals surface area contributed by atoms with Crippen LogP contribution >= 0.6 is 11.3 Å². The number of ether oxygens (including phenoxy) is 2. The molecule has 7 heteroatoms. The first-order valence-corrected chi connectivity index (χ1v) is 14.3. The molecule has 0 bridgehead atoms. The van der Waals surface area contributed by atoms with E-state index in [2.05, 4.69) is 48.4 Å². The molecule has 0 atom stereocenters. The maximum absolute atomic E-state index is 11.6. The van der Waals surface area contributed by atoms with Gasteiger partial charge in [0.1, 0.15) is 12.4 Å². The summed E-state index contributed by atoms with van der Waals surface area (Å²) in [5.41, 5.74) is 7.76. The SMILES string of the molecule is C=C(C)CN=c1scc(-c2ccc(-c3ccccc3)cc2)n1/N=C/c1ccc(OCc2ccc(C(=O)OC)cc2)cc1. The summed E-state index contributed by atoms with van der Waals surface area (Å²) in [6.07, 6.45) is 1.82. The lowest BCUT2D eigenvalue weighted by molar-refractivity contribution is 0.0600. The van der Waals surface area contributed by atoms with Crippen molar-refractivity contribution >= 4 is 23.5 Å². The third-order valence-corrected chi connectivity index (χ3v) is 7.29. The van der Waals surface area contributed by atoms with Gasteiger partial charge in [-0.15, -0.1) is 11.3 Å². The Morgan fingerprint density at radius 3 is 2.21 bits per heavy atom. The summed E-state index contributed by atoms with van der Waals surface area (Å²) in [4.78, 5) is 17.2. The summed E-state index contributed by atoms with van der Waals surface area (Å²) in [6, 6.07) is 33.8. The molecule has 210 valence electrons. The number of hydrogen-bond acceptors (Lipinski definition) is 6. The maximum Gasteiger partial charge on any atom is 0.337 e. The molecule has 5 aromatic rings. The summed E-state index contributed by atoms with van der Waals surface area (Å²) in [5, 5.41) is 6.91. The minimum absolute atomic E-state index is 0.356. The summed E-state index contributed by atoms with van der Waals surface area (Å²) in [6.45, 7) is 6.88. The number of thiazole rings is 1. The van der Waals surface area contributed by atoms with Crippen LogP contribution in [0.25, 0.3) is 22.4 Å². The third kappa shape index (κ3) is 7.19. The molecule has 6 nitrogen and oxygen atoms in total. The zero-order chi connectivity index (χ0) is 29.3. The topological polar surface area (TPSA) is 65.2 Å². The van der Waals surface area contributed by atoms with Gasteiger partial charge in [-0.2, -0.15) is 5.10 Å². The first-order valence-electron chi connectivity index (χ1n) is 13.5. The van der Waals surface area contributed by atoms with Crippen molar-refractivity contribution in [2.24, 2.45) is 10.1 Å². The minimum Gasteiger partial charge on any atom is -0.489 e. The van der Waals surface area contributed by atoms with Crippen LogP contribution in [0.3, 0.4) is 0 Å². The van der Waals surface area contributed by atoms with Gasteiger partial charge in [-0.05, 0) is 65.6 Å². The van der Waals surface area contributed by atoms with Gasteiger partial charge in [0.15, 0.2) is 0 Å². The lowest BCUT2D eigenvalue weighted by Gasteiger charge is -2.08. The molecule has 0 radical (unpaired) electrons. The number of hydrogen-bond donors (Lipinski definition) is 0. The van der Waals surface area contributed by atoms with Crippen LogP contribution in [0.4, 0.5) is 0 Å². The third-order valence-electron chi connectivity index (χ3n) is 6.44. The lowest BCUT2D eigenvalue weighted by atomic mass is 10.0. The van der Waals surface area contributed by atoms with Gasteiger partial charge in [0, 0.05) is 10.9 Å². The van der Waals surface area contributed by atoms with Crippen LogP contribution in [0.5, 0.6) is 5.75 Å². The van der Waals surface area contributed by atoms with Crippen LogP contribution in [0.15, 0.2) is 131 Å². The van der Waals surface area contributed by atoms with Crippen molar-refractivity contribution < 1.29 is 14.3 Å². The Bertz CT molecular complexity index is 1750. The highest BCUT2D eigenvalue weighted by Gasteiger charge is 2.09. The van der Waals surface area contributed by atoms with Crippen molar-refractivity contribution in [3.63, 3.8) is 0 Å². The van der Waals surface area contributed by atoms with Gasteiger partial charge in [-0.1, -0.05) is 78.9 Å². The van der Waals surface area contributed by atoms with Gasteiger partial charge in [0.25, 0.3) is 0 Å². The van der Waals surface area contributed by atoms with Gasteiger partial charge < -0.3 is 9.47 Å². The maximum atomic E-state index is 11.6. The Morgan fingerprint density at radius 2 is 1.55 bits per heavy atom. The van der Waals surface area contributed by atoms with E-state index in [1.807, 2.05) is 72.4 Å². The van der Waals surface area contributed by atoms with E-state index in [4.69, 9.17) is 19.6 Å². The highest BCUT2D eigenvalue weighted by Crippen LogP contribution is 2.25.